The van der Waals surface area contributed by atoms with Gasteiger partial charge in [-0.3, -0.25) is 0 Å². The second-order valence-corrected chi connectivity index (χ2v) is 3.68. The van der Waals surface area contributed by atoms with Crippen LogP contribution in [-0.4, -0.2) is 10.2 Å². The molecule has 0 aromatic heterocycles. The van der Waals surface area contributed by atoms with Crippen molar-refractivity contribution in [1.29, 1.82) is 0 Å². The van der Waals surface area contributed by atoms with Crippen LogP contribution in [0.3, 0.4) is 0 Å². The molecule has 0 saturated carbocycles. The van der Waals surface area contributed by atoms with Crippen LogP contribution >= 0.6 is 0 Å². The number of benzene rings is 1. The molecule has 0 atom stereocenters. The minimum Gasteiger partial charge on any atom is -0.507 e. The second kappa shape index (κ2) is 5.01. The van der Waals surface area contributed by atoms with E-state index in [1.807, 2.05) is 19.1 Å². The summed E-state index contributed by atoms with van der Waals surface area (Å²) in [6.07, 6.45) is 3.07. The monoisotopic (exact) mass is 194 g/mol. The lowest BCUT2D eigenvalue weighted by atomic mass is 10.0. The predicted molar refractivity (Wildman–Crippen MR) is 57.4 cm³/mol. The highest BCUT2D eigenvalue weighted by molar-refractivity contribution is 5.42. The first-order chi connectivity index (χ1) is 6.69. The standard InChI is InChI=1S/C12H18O2/c1-3-4-5-11-7-10(8-13)6-9(2)12(11)14/h6-7,13-14H,3-5,8H2,1-2H3. The molecule has 2 N–H and O–H groups in total. The molecule has 2 heteroatoms. The molecule has 0 spiro atoms. The van der Waals surface area contributed by atoms with E-state index >= 15 is 0 Å². The Morgan fingerprint density at radius 2 is 2.00 bits per heavy atom. The molecule has 0 aliphatic rings. The largest absolute Gasteiger partial charge is 0.507 e. The molecular weight excluding hydrogens is 176 g/mol. The zero-order valence-corrected chi connectivity index (χ0v) is 8.88. The van der Waals surface area contributed by atoms with Crippen molar-refractivity contribution in [2.75, 3.05) is 0 Å². The van der Waals surface area contributed by atoms with Crippen LogP contribution in [0, 0.1) is 6.92 Å². The molecule has 0 fully saturated rings. The molecule has 1 aromatic rings. The first-order valence-electron chi connectivity index (χ1n) is 5.11. The first-order valence-corrected chi connectivity index (χ1v) is 5.11. The fourth-order valence-electron chi connectivity index (χ4n) is 1.58. The van der Waals surface area contributed by atoms with Gasteiger partial charge in [-0.05, 0) is 42.5 Å². The molecule has 0 heterocycles. The van der Waals surface area contributed by atoms with Crippen molar-refractivity contribution < 1.29 is 10.2 Å². The van der Waals surface area contributed by atoms with E-state index in [2.05, 4.69) is 6.92 Å². The van der Waals surface area contributed by atoms with Gasteiger partial charge in [0.05, 0.1) is 6.61 Å². The molecule has 0 saturated heterocycles. The van der Waals surface area contributed by atoms with Gasteiger partial charge in [-0.1, -0.05) is 19.4 Å². The number of aliphatic hydroxyl groups is 1. The van der Waals surface area contributed by atoms with E-state index in [0.717, 1.165) is 36.0 Å². The summed E-state index contributed by atoms with van der Waals surface area (Å²) in [5, 5.41) is 18.8. The fourth-order valence-corrected chi connectivity index (χ4v) is 1.58. The van der Waals surface area contributed by atoms with Crippen molar-refractivity contribution in [2.45, 2.75) is 39.7 Å². The van der Waals surface area contributed by atoms with Crippen molar-refractivity contribution >= 4 is 0 Å². The lowest BCUT2D eigenvalue weighted by Gasteiger charge is -2.09. The van der Waals surface area contributed by atoms with Crippen LogP contribution in [0.25, 0.3) is 0 Å². The second-order valence-electron chi connectivity index (χ2n) is 3.68. The molecule has 1 rings (SSSR count). The zero-order valence-electron chi connectivity index (χ0n) is 8.88. The molecule has 2 nitrogen and oxygen atoms in total. The third-order valence-electron chi connectivity index (χ3n) is 2.42. The summed E-state index contributed by atoms with van der Waals surface area (Å²) < 4.78 is 0. The Hall–Kier alpha value is -1.02. The Morgan fingerprint density at radius 1 is 1.29 bits per heavy atom. The highest BCUT2D eigenvalue weighted by Crippen LogP contribution is 2.25. The molecule has 78 valence electrons. The van der Waals surface area contributed by atoms with Gasteiger partial charge in [-0.25, -0.2) is 0 Å². The zero-order chi connectivity index (χ0) is 10.6. The average Bonchev–Trinajstić information content (AvgIpc) is 2.20. The Balaban J connectivity index is 2.95. The maximum atomic E-state index is 9.76. The molecule has 1 aromatic carbocycles. The van der Waals surface area contributed by atoms with E-state index < -0.39 is 0 Å². The molecule has 0 radical (unpaired) electrons. The third kappa shape index (κ3) is 2.48. The van der Waals surface area contributed by atoms with Crippen LogP contribution in [0.15, 0.2) is 12.1 Å². The molecule has 0 unspecified atom stereocenters. The van der Waals surface area contributed by atoms with Crippen molar-refractivity contribution in [3.8, 4) is 5.75 Å². The maximum Gasteiger partial charge on any atom is 0.121 e. The summed E-state index contributed by atoms with van der Waals surface area (Å²) in [6.45, 7) is 4.03. The summed E-state index contributed by atoms with van der Waals surface area (Å²) >= 11 is 0. The van der Waals surface area contributed by atoms with Gasteiger partial charge >= 0.3 is 0 Å². The van der Waals surface area contributed by atoms with E-state index in [1.165, 1.54) is 0 Å². The first kappa shape index (κ1) is 11.1. The van der Waals surface area contributed by atoms with Crippen LogP contribution in [0.4, 0.5) is 0 Å². The van der Waals surface area contributed by atoms with Crippen LogP contribution < -0.4 is 0 Å². The van der Waals surface area contributed by atoms with Crippen molar-refractivity contribution in [3.05, 3.63) is 28.8 Å². The molecule has 0 amide bonds. The van der Waals surface area contributed by atoms with Gasteiger partial charge < -0.3 is 10.2 Å². The van der Waals surface area contributed by atoms with Gasteiger partial charge in [0.1, 0.15) is 5.75 Å². The lowest BCUT2D eigenvalue weighted by Crippen LogP contribution is -1.92. The number of hydrogen-bond donors (Lipinski definition) is 2. The number of aryl methyl sites for hydroxylation is 2. The summed E-state index contributed by atoms with van der Waals surface area (Å²) in [5.41, 5.74) is 2.69. The number of aliphatic hydroxyl groups excluding tert-OH is 1. The van der Waals surface area contributed by atoms with Gasteiger partial charge in [0.15, 0.2) is 0 Å². The minimum absolute atomic E-state index is 0.0419. The minimum atomic E-state index is 0.0419. The summed E-state index contributed by atoms with van der Waals surface area (Å²) in [5.74, 6) is 0.385. The molecule has 0 bridgehead atoms. The van der Waals surface area contributed by atoms with Crippen molar-refractivity contribution in [3.63, 3.8) is 0 Å². The van der Waals surface area contributed by atoms with Gasteiger partial charge in [0.25, 0.3) is 0 Å². The van der Waals surface area contributed by atoms with E-state index in [-0.39, 0.29) is 6.61 Å². The van der Waals surface area contributed by atoms with Crippen LogP contribution in [0.2, 0.25) is 0 Å². The quantitative estimate of drug-likeness (QED) is 0.773. The highest BCUT2D eigenvalue weighted by atomic mass is 16.3. The van der Waals surface area contributed by atoms with Crippen LogP contribution in [0.5, 0.6) is 5.75 Å². The number of rotatable bonds is 4. The summed E-state index contributed by atoms with van der Waals surface area (Å²) in [4.78, 5) is 0. The predicted octanol–water partition coefficient (Wildman–Crippen LogP) is 2.54. The van der Waals surface area contributed by atoms with Crippen molar-refractivity contribution in [2.24, 2.45) is 0 Å². The lowest BCUT2D eigenvalue weighted by molar-refractivity contribution is 0.281. The molecular formula is C12H18O2. The van der Waals surface area contributed by atoms with E-state index in [0.29, 0.717) is 5.75 Å². The third-order valence-corrected chi connectivity index (χ3v) is 2.42. The van der Waals surface area contributed by atoms with E-state index in [9.17, 15) is 5.11 Å². The Labute approximate surface area is 85.2 Å². The van der Waals surface area contributed by atoms with Crippen LogP contribution in [-0.2, 0) is 13.0 Å². The number of unbranched alkanes of at least 4 members (excludes halogenated alkanes) is 1. The number of phenolic OH excluding ortho intramolecular Hbond substituents is 1. The molecule has 0 aliphatic carbocycles. The highest BCUT2D eigenvalue weighted by Gasteiger charge is 2.05. The van der Waals surface area contributed by atoms with Crippen molar-refractivity contribution in [1.82, 2.24) is 0 Å². The Morgan fingerprint density at radius 3 is 2.57 bits per heavy atom. The number of phenols is 1. The SMILES string of the molecule is CCCCc1cc(CO)cc(C)c1O. The normalized spacial score (nSPS) is 10.5. The van der Waals surface area contributed by atoms with E-state index in [4.69, 9.17) is 5.11 Å². The number of hydrogen-bond acceptors (Lipinski definition) is 2. The van der Waals surface area contributed by atoms with E-state index in [1.54, 1.807) is 0 Å². The smallest absolute Gasteiger partial charge is 0.121 e. The van der Waals surface area contributed by atoms with Gasteiger partial charge in [0.2, 0.25) is 0 Å². The van der Waals surface area contributed by atoms with Gasteiger partial charge in [-0.2, -0.15) is 0 Å². The summed E-state index contributed by atoms with van der Waals surface area (Å²) in [7, 11) is 0. The molecule has 0 aliphatic heterocycles. The Bertz CT molecular complexity index is 305. The number of aromatic hydroxyl groups is 1. The average molecular weight is 194 g/mol. The fraction of sp³-hybridized carbons (Fsp3) is 0.500. The van der Waals surface area contributed by atoms with Gasteiger partial charge in [-0.15, -0.1) is 0 Å². The van der Waals surface area contributed by atoms with Gasteiger partial charge in [0, 0.05) is 0 Å². The molecule has 14 heavy (non-hydrogen) atoms. The topological polar surface area (TPSA) is 40.5 Å². The summed E-state index contributed by atoms with van der Waals surface area (Å²) in [6, 6.07) is 3.71. The Kier molecular flexibility index (Phi) is 3.96. The maximum absolute atomic E-state index is 9.76. The van der Waals surface area contributed by atoms with Crippen LogP contribution in [0.1, 0.15) is 36.5 Å².